The van der Waals surface area contributed by atoms with Crippen LogP contribution in [0.3, 0.4) is 0 Å². The molecule has 0 heterocycles. The third-order valence-corrected chi connectivity index (χ3v) is 1.69. The number of rotatable bonds is 4. The minimum absolute atomic E-state index is 0.0329. The van der Waals surface area contributed by atoms with Crippen molar-refractivity contribution in [2.75, 3.05) is 6.54 Å². The second kappa shape index (κ2) is 6.38. The predicted octanol–water partition coefficient (Wildman–Crippen LogP) is -0.154. The van der Waals surface area contributed by atoms with Crippen LogP contribution in [-0.4, -0.2) is 35.6 Å². The van der Waals surface area contributed by atoms with E-state index in [-0.39, 0.29) is 11.5 Å². The molecule has 0 aromatic rings. The molecule has 17 heavy (non-hydrogen) atoms. The van der Waals surface area contributed by atoms with Gasteiger partial charge >= 0.3 is 18.0 Å². The van der Waals surface area contributed by atoms with Gasteiger partial charge in [0.1, 0.15) is 0 Å². The van der Waals surface area contributed by atoms with Gasteiger partial charge in [-0.15, -0.1) is 0 Å². The molecule has 4 N–H and O–H groups in total. The summed E-state index contributed by atoms with van der Waals surface area (Å²) < 4.78 is 35.8. The molecule has 0 bridgehead atoms. The van der Waals surface area contributed by atoms with Gasteiger partial charge < -0.3 is 16.4 Å². The summed E-state index contributed by atoms with van der Waals surface area (Å²) in [5.41, 5.74) is 5.06. The second-order valence-electron chi connectivity index (χ2n) is 3.34. The fourth-order valence-electron chi connectivity index (χ4n) is 0.935. The Balaban J connectivity index is 4.08. The molecular weight excluding hydrogens is 259 g/mol. The average molecular weight is 271 g/mol. The predicted molar refractivity (Wildman–Crippen MR) is 58.1 cm³/mol. The fraction of sp³-hybridized carbons (Fsp3) is 0.625. The Bertz CT molecular complexity index is 320. The van der Waals surface area contributed by atoms with Crippen LogP contribution in [0.25, 0.3) is 0 Å². The van der Waals surface area contributed by atoms with Crippen molar-refractivity contribution in [1.82, 2.24) is 10.6 Å². The highest BCUT2D eigenvalue weighted by Crippen LogP contribution is 2.21. The summed E-state index contributed by atoms with van der Waals surface area (Å²) in [7, 11) is 0. The molecule has 9 heteroatoms. The molecule has 0 aliphatic carbocycles. The number of nitrogens with one attached hydrogen (secondary N) is 2. The maximum absolute atomic E-state index is 11.9. The number of halogens is 3. The van der Waals surface area contributed by atoms with E-state index in [0.717, 1.165) is 6.92 Å². The smallest absolute Gasteiger partial charge is 0.391 e. The normalized spacial score (nSPS) is 12.7. The van der Waals surface area contributed by atoms with Crippen LogP contribution in [0.1, 0.15) is 13.3 Å². The van der Waals surface area contributed by atoms with Crippen molar-refractivity contribution in [3.63, 3.8) is 0 Å². The van der Waals surface area contributed by atoms with Gasteiger partial charge in [-0.1, -0.05) is 12.2 Å². The standard InChI is InChI=1S/C8H12F3N3O2S/c1-4(2-8(9,10)11)14-7(16)6(15)13-3-5(12)17/h4H,2-3H2,1H3,(H2,12,17)(H,13,15)(H,14,16). The van der Waals surface area contributed by atoms with Crippen LogP contribution in [0.15, 0.2) is 0 Å². The van der Waals surface area contributed by atoms with Gasteiger partial charge in [0, 0.05) is 6.04 Å². The zero-order valence-electron chi connectivity index (χ0n) is 8.93. The third-order valence-electron chi connectivity index (χ3n) is 1.54. The van der Waals surface area contributed by atoms with Gasteiger partial charge in [-0.2, -0.15) is 13.2 Å². The molecule has 0 radical (unpaired) electrons. The van der Waals surface area contributed by atoms with Gasteiger partial charge in [0.05, 0.1) is 18.0 Å². The van der Waals surface area contributed by atoms with Crippen LogP contribution in [0.5, 0.6) is 0 Å². The molecule has 0 aromatic heterocycles. The first-order valence-electron chi connectivity index (χ1n) is 4.55. The first kappa shape index (κ1) is 15.6. The minimum atomic E-state index is -4.40. The van der Waals surface area contributed by atoms with Crippen molar-refractivity contribution < 1.29 is 22.8 Å². The van der Waals surface area contributed by atoms with Gasteiger partial charge in [0.15, 0.2) is 0 Å². The summed E-state index contributed by atoms with van der Waals surface area (Å²) >= 11 is 4.44. The molecule has 5 nitrogen and oxygen atoms in total. The summed E-state index contributed by atoms with van der Waals surface area (Å²) in [5, 5.41) is 3.96. The van der Waals surface area contributed by atoms with Crippen LogP contribution in [0.2, 0.25) is 0 Å². The van der Waals surface area contributed by atoms with Crippen molar-refractivity contribution in [3.8, 4) is 0 Å². The van der Waals surface area contributed by atoms with Gasteiger partial charge in [0.25, 0.3) is 0 Å². The first-order chi connectivity index (χ1) is 7.61. The molecule has 0 aliphatic heterocycles. The zero-order chi connectivity index (χ0) is 13.6. The highest BCUT2D eigenvalue weighted by atomic mass is 32.1. The highest BCUT2D eigenvalue weighted by Gasteiger charge is 2.31. The number of amides is 2. The lowest BCUT2D eigenvalue weighted by molar-refractivity contribution is -0.146. The van der Waals surface area contributed by atoms with Crippen LogP contribution < -0.4 is 16.4 Å². The number of alkyl halides is 3. The number of hydrogen-bond donors (Lipinski definition) is 3. The van der Waals surface area contributed by atoms with E-state index in [1.165, 1.54) is 0 Å². The Morgan fingerprint density at radius 3 is 2.29 bits per heavy atom. The molecule has 0 rings (SSSR count). The van der Waals surface area contributed by atoms with Crippen LogP contribution in [0.4, 0.5) is 13.2 Å². The number of nitrogens with two attached hydrogens (primary N) is 1. The van der Waals surface area contributed by atoms with Crippen LogP contribution >= 0.6 is 12.2 Å². The lowest BCUT2D eigenvalue weighted by Crippen LogP contribution is -2.46. The van der Waals surface area contributed by atoms with Crippen LogP contribution in [-0.2, 0) is 9.59 Å². The number of carbonyl (C=O) groups excluding carboxylic acids is 2. The van der Waals surface area contributed by atoms with Crippen molar-refractivity contribution in [2.45, 2.75) is 25.6 Å². The molecule has 0 aliphatic rings. The van der Waals surface area contributed by atoms with E-state index in [1.54, 1.807) is 0 Å². The lowest BCUT2D eigenvalue weighted by atomic mass is 10.2. The molecule has 0 saturated heterocycles. The Morgan fingerprint density at radius 2 is 1.88 bits per heavy atom. The summed E-state index contributed by atoms with van der Waals surface area (Å²) in [4.78, 5) is 22.1. The zero-order valence-corrected chi connectivity index (χ0v) is 9.74. The molecule has 1 atom stereocenters. The van der Waals surface area contributed by atoms with E-state index in [0.29, 0.717) is 0 Å². The average Bonchev–Trinajstić information content (AvgIpc) is 2.10. The van der Waals surface area contributed by atoms with E-state index in [9.17, 15) is 22.8 Å². The summed E-state index contributed by atoms with van der Waals surface area (Å²) in [6.45, 7) is 0.960. The summed E-state index contributed by atoms with van der Waals surface area (Å²) in [6.07, 6.45) is -5.61. The van der Waals surface area contributed by atoms with Gasteiger partial charge in [0.2, 0.25) is 0 Å². The van der Waals surface area contributed by atoms with Gasteiger partial charge in [-0.25, -0.2) is 0 Å². The molecule has 0 saturated carbocycles. The molecule has 0 spiro atoms. The number of carbonyl (C=O) groups is 2. The number of thiocarbonyl (C=S) groups is 1. The largest absolute Gasteiger partial charge is 0.392 e. The van der Waals surface area contributed by atoms with Gasteiger partial charge in [-0.3, -0.25) is 9.59 Å². The SMILES string of the molecule is CC(CC(F)(F)F)NC(=O)C(=O)NCC(N)=S. The summed E-state index contributed by atoms with van der Waals surface area (Å²) in [5.74, 6) is -2.23. The van der Waals surface area contributed by atoms with Crippen molar-refractivity contribution in [3.05, 3.63) is 0 Å². The molecule has 98 valence electrons. The lowest BCUT2D eigenvalue weighted by Gasteiger charge is -2.15. The molecule has 0 aromatic carbocycles. The Labute approximate surface area is 101 Å². The Morgan fingerprint density at radius 1 is 1.35 bits per heavy atom. The molecule has 0 fully saturated rings. The maximum atomic E-state index is 11.9. The quantitative estimate of drug-likeness (QED) is 0.490. The van der Waals surface area contributed by atoms with Crippen molar-refractivity contribution in [1.29, 1.82) is 0 Å². The minimum Gasteiger partial charge on any atom is -0.392 e. The van der Waals surface area contributed by atoms with E-state index >= 15 is 0 Å². The Hall–Kier alpha value is -1.38. The van der Waals surface area contributed by atoms with Crippen LogP contribution in [0, 0.1) is 0 Å². The first-order valence-corrected chi connectivity index (χ1v) is 4.96. The van der Waals surface area contributed by atoms with E-state index in [2.05, 4.69) is 17.5 Å². The maximum Gasteiger partial charge on any atom is 0.391 e. The van der Waals surface area contributed by atoms with Crippen molar-refractivity contribution >= 4 is 29.0 Å². The second-order valence-corrected chi connectivity index (χ2v) is 3.87. The topological polar surface area (TPSA) is 84.2 Å². The van der Waals surface area contributed by atoms with E-state index in [1.807, 2.05) is 5.32 Å². The molecule has 1 unspecified atom stereocenters. The highest BCUT2D eigenvalue weighted by molar-refractivity contribution is 7.80. The monoisotopic (exact) mass is 271 g/mol. The van der Waals surface area contributed by atoms with Crippen molar-refractivity contribution in [2.24, 2.45) is 5.73 Å². The Kier molecular flexibility index (Phi) is 5.86. The van der Waals surface area contributed by atoms with E-state index in [4.69, 9.17) is 5.73 Å². The molecular formula is C8H12F3N3O2S. The summed E-state index contributed by atoms with van der Waals surface area (Å²) in [6, 6.07) is -1.18. The number of hydrogen-bond acceptors (Lipinski definition) is 3. The molecule has 2 amide bonds. The van der Waals surface area contributed by atoms with E-state index < -0.39 is 30.5 Å². The third kappa shape index (κ3) is 8.43. The van der Waals surface area contributed by atoms with Gasteiger partial charge in [-0.05, 0) is 6.92 Å². The fourth-order valence-corrected chi connectivity index (χ4v) is 1.01.